The molecule has 0 bridgehead atoms. The Morgan fingerprint density at radius 1 is 1.11 bits per heavy atom. The quantitative estimate of drug-likeness (QED) is 0.212. The summed E-state index contributed by atoms with van der Waals surface area (Å²) in [5.41, 5.74) is 2.26. The average Bonchev–Trinajstić information content (AvgIpc) is 3.45. The molecule has 1 saturated carbocycles. The van der Waals surface area contributed by atoms with Crippen LogP contribution in [-0.4, -0.2) is 42.9 Å². The van der Waals surface area contributed by atoms with Crippen molar-refractivity contribution in [3.8, 4) is 39.8 Å². The molecule has 0 aromatic carbocycles. The number of carbonyl (C=O) groups excluding carboxylic acids is 1. The minimum Gasteiger partial charge on any atom is -0.494 e. The monoisotopic (exact) mass is 561 g/mol. The number of nitrogens with one attached hydrogen (secondary N) is 1. The summed E-state index contributed by atoms with van der Waals surface area (Å²) in [4.78, 5) is 39.8. The zero-order valence-electron chi connectivity index (χ0n) is 19.6. The number of hydrogen-bond donors (Lipinski definition) is 1. The van der Waals surface area contributed by atoms with Crippen LogP contribution in [0.25, 0.3) is 21.6 Å². The number of ether oxygens (including phenoxy) is 2. The molecule has 10 nitrogen and oxygen atoms in total. The van der Waals surface area contributed by atoms with Crippen molar-refractivity contribution in [2.24, 2.45) is 5.92 Å². The number of carbonyl (C=O) groups is 1. The zero-order valence-corrected chi connectivity index (χ0v) is 22.0. The number of fused-ring (bicyclic) bond motifs is 1. The molecule has 1 N–H and O–H groups in total. The Balaban J connectivity index is 1.34. The fraction of sp³-hybridized carbons (Fsp3) is 0.160. The number of nitrogens with zero attached hydrogens (tertiary/aromatic N) is 6. The molecule has 0 radical (unpaired) electrons. The summed E-state index contributed by atoms with van der Waals surface area (Å²) in [5, 5.41) is 5.60. The van der Waals surface area contributed by atoms with Crippen molar-refractivity contribution in [1.29, 1.82) is 0 Å². The first-order chi connectivity index (χ1) is 18.6. The van der Waals surface area contributed by atoms with E-state index in [1.54, 1.807) is 29.9 Å². The second kappa shape index (κ2) is 10.3. The molecule has 0 atom stereocenters. The molecule has 1 fully saturated rings. The smallest absolute Gasteiger partial charge is 0.279 e. The molecule has 5 aromatic heterocycles. The lowest BCUT2D eigenvalue weighted by atomic mass is 10.0. The van der Waals surface area contributed by atoms with Gasteiger partial charge in [-0.2, -0.15) is 4.98 Å². The topological polar surface area (TPSA) is 125 Å². The third-order valence-electron chi connectivity index (χ3n) is 5.39. The molecule has 5 heterocycles. The van der Waals surface area contributed by atoms with Crippen molar-refractivity contribution < 1.29 is 14.3 Å². The van der Waals surface area contributed by atoms with E-state index in [0.29, 0.717) is 49.3 Å². The summed E-state index contributed by atoms with van der Waals surface area (Å²) in [6.07, 6.45) is 8.37. The lowest BCUT2D eigenvalue weighted by Crippen LogP contribution is -2.14. The van der Waals surface area contributed by atoms with Crippen LogP contribution in [0.15, 0.2) is 42.3 Å². The molecule has 6 rings (SSSR count). The number of anilines is 1. The van der Waals surface area contributed by atoms with Crippen LogP contribution in [-0.2, 0) is 0 Å². The largest absolute Gasteiger partial charge is 0.494 e. The van der Waals surface area contributed by atoms with Crippen LogP contribution >= 0.6 is 34.3 Å². The molecule has 13 heteroatoms. The van der Waals surface area contributed by atoms with Crippen molar-refractivity contribution in [3.63, 3.8) is 0 Å². The Kier molecular flexibility index (Phi) is 6.55. The predicted molar refractivity (Wildman–Crippen MR) is 144 cm³/mol. The number of rotatable bonds is 6. The second-order valence-corrected chi connectivity index (χ2v) is 10.3. The highest BCUT2D eigenvalue weighted by atomic mass is 35.5. The standard InChI is InChI=1S/C25H16ClN7O3S2/c1-35-18-12-28-19(26)8-16(18)15-9-20(36-25-27-6-7-37-25)29-11-17(15)22(34)33-24-32-21-23(38-24)31-14(10-30-21)5-4-13-2-3-13/h6-13H,2-3H2,1H3,(H,30,32,33,34). The van der Waals surface area contributed by atoms with Gasteiger partial charge in [-0.05, 0) is 24.8 Å². The lowest BCUT2D eigenvalue weighted by molar-refractivity contribution is 0.102. The van der Waals surface area contributed by atoms with E-state index in [1.165, 1.54) is 42.2 Å². The fourth-order valence-corrected chi connectivity index (χ4v) is 4.88. The zero-order chi connectivity index (χ0) is 26.1. The van der Waals surface area contributed by atoms with E-state index in [2.05, 4.69) is 47.1 Å². The van der Waals surface area contributed by atoms with Crippen LogP contribution in [0.1, 0.15) is 28.9 Å². The summed E-state index contributed by atoms with van der Waals surface area (Å²) in [6.45, 7) is 0. The molecule has 0 spiro atoms. The Bertz CT molecular complexity index is 1730. The maximum absolute atomic E-state index is 13.5. The van der Waals surface area contributed by atoms with E-state index in [1.807, 2.05) is 0 Å². The molecule has 0 saturated heterocycles. The first-order valence-corrected chi connectivity index (χ1v) is 13.4. The van der Waals surface area contributed by atoms with E-state index in [4.69, 9.17) is 21.1 Å². The summed E-state index contributed by atoms with van der Waals surface area (Å²) in [6, 6.07) is 3.23. The van der Waals surface area contributed by atoms with Crippen LogP contribution in [0.3, 0.4) is 0 Å². The molecule has 1 aliphatic rings. The van der Waals surface area contributed by atoms with Gasteiger partial charge in [0.2, 0.25) is 5.88 Å². The highest BCUT2D eigenvalue weighted by molar-refractivity contribution is 7.21. The van der Waals surface area contributed by atoms with Gasteiger partial charge in [0.1, 0.15) is 16.6 Å². The van der Waals surface area contributed by atoms with Gasteiger partial charge >= 0.3 is 0 Å². The SMILES string of the molecule is COc1cnc(Cl)cc1-c1cc(Oc2nccs2)ncc1C(=O)Nc1nc2ncc(C#CC3CC3)nc2s1. The minimum atomic E-state index is -0.448. The summed E-state index contributed by atoms with van der Waals surface area (Å²) >= 11 is 8.71. The van der Waals surface area contributed by atoms with Crippen molar-refractivity contribution >= 4 is 55.8 Å². The van der Waals surface area contributed by atoms with Gasteiger partial charge in [0, 0.05) is 40.9 Å². The normalized spacial score (nSPS) is 12.6. The molecule has 5 aromatic rings. The highest BCUT2D eigenvalue weighted by Crippen LogP contribution is 2.36. The average molecular weight is 562 g/mol. The third-order valence-corrected chi connectivity index (χ3v) is 7.10. The second-order valence-electron chi connectivity index (χ2n) is 8.08. The number of hydrogen-bond acceptors (Lipinski definition) is 11. The van der Waals surface area contributed by atoms with Gasteiger partial charge in [-0.15, -0.1) is 0 Å². The van der Waals surface area contributed by atoms with Crippen LogP contribution in [0.5, 0.6) is 16.8 Å². The van der Waals surface area contributed by atoms with Crippen LogP contribution in [0, 0.1) is 17.8 Å². The maximum atomic E-state index is 13.5. The van der Waals surface area contributed by atoms with Gasteiger partial charge in [0.15, 0.2) is 15.6 Å². The number of thiazole rings is 2. The van der Waals surface area contributed by atoms with Gasteiger partial charge in [0.05, 0.1) is 25.1 Å². The Labute approximate surface area is 229 Å². The number of pyridine rings is 2. The minimum absolute atomic E-state index is 0.232. The first kappa shape index (κ1) is 24.2. The maximum Gasteiger partial charge on any atom is 0.279 e. The Morgan fingerprint density at radius 2 is 2.00 bits per heavy atom. The lowest BCUT2D eigenvalue weighted by Gasteiger charge is -2.13. The molecule has 1 amide bonds. The van der Waals surface area contributed by atoms with Crippen molar-refractivity contribution in [2.45, 2.75) is 12.8 Å². The van der Waals surface area contributed by atoms with E-state index >= 15 is 0 Å². The van der Waals surface area contributed by atoms with E-state index in [-0.39, 0.29) is 16.6 Å². The number of halogens is 1. The van der Waals surface area contributed by atoms with E-state index < -0.39 is 5.91 Å². The van der Waals surface area contributed by atoms with Crippen molar-refractivity contribution in [1.82, 2.24) is 29.9 Å². The highest BCUT2D eigenvalue weighted by Gasteiger charge is 2.21. The molecular weight excluding hydrogens is 546 g/mol. The number of methoxy groups -OCH3 is 1. The number of amides is 1. The molecule has 188 valence electrons. The van der Waals surface area contributed by atoms with Gasteiger partial charge in [-0.1, -0.05) is 40.2 Å². The van der Waals surface area contributed by atoms with Crippen LogP contribution in [0.2, 0.25) is 5.15 Å². The van der Waals surface area contributed by atoms with Gasteiger partial charge in [-0.3, -0.25) is 10.1 Å². The summed E-state index contributed by atoms with van der Waals surface area (Å²) < 4.78 is 11.2. The molecular formula is C25H16ClN7O3S2. The van der Waals surface area contributed by atoms with Gasteiger partial charge in [-0.25, -0.2) is 24.9 Å². The Morgan fingerprint density at radius 3 is 2.79 bits per heavy atom. The summed E-state index contributed by atoms with van der Waals surface area (Å²) in [7, 11) is 1.51. The van der Waals surface area contributed by atoms with Crippen LogP contribution < -0.4 is 14.8 Å². The molecule has 0 aliphatic heterocycles. The molecule has 1 aliphatic carbocycles. The first-order valence-electron chi connectivity index (χ1n) is 11.3. The predicted octanol–water partition coefficient (Wildman–Crippen LogP) is 5.47. The van der Waals surface area contributed by atoms with Crippen LogP contribution in [0.4, 0.5) is 5.13 Å². The van der Waals surface area contributed by atoms with E-state index in [9.17, 15) is 4.79 Å². The number of aromatic nitrogens is 6. The third kappa shape index (κ3) is 5.26. The fourth-order valence-electron chi connectivity index (χ4n) is 3.44. The Hall–Kier alpha value is -4.18. The van der Waals surface area contributed by atoms with Gasteiger partial charge in [0.25, 0.3) is 11.1 Å². The van der Waals surface area contributed by atoms with Gasteiger partial charge < -0.3 is 9.47 Å². The molecule has 38 heavy (non-hydrogen) atoms. The molecule has 0 unspecified atom stereocenters. The van der Waals surface area contributed by atoms with E-state index in [0.717, 1.165) is 12.8 Å². The van der Waals surface area contributed by atoms with Crippen molar-refractivity contribution in [3.05, 3.63) is 58.7 Å². The van der Waals surface area contributed by atoms with Crippen molar-refractivity contribution in [2.75, 3.05) is 12.4 Å². The summed E-state index contributed by atoms with van der Waals surface area (Å²) in [5.74, 6) is 6.90.